The zero-order valence-electron chi connectivity index (χ0n) is 16.0. The van der Waals surface area contributed by atoms with Crippen LogP contribution >= 0.6 is 0 Å². The van der Waals surface area contributed by atoms with Crippen LogP contribution in [0.4, 0.5) is 5.69 Å². The van der Waals surface area contributed by atoms with E-state index < -0.39 is 5.97 Å². The smallest absolute Gasteiger partial charge is 0.311 e. The molecule has 0 fully saturated rings. The first-order valence-electron chi connectivity index (χ1n) is 9.71. The molecule has 144 valence electrons. The van der Waals surface area contributed by atoms with Crippen LogP contribution in [-0.2, 0) is 9.59 Å². The van der Waals surface area contributed by atoms with Gasteiger partial charge in [0.15, 0.2) is 5.75 Å². The quantitative estimate of drug-likeness (QED) is 0.427. The molecule has 26 heavy (non-hydrogen) atoms. The Balaban J connectivity index is 2.55. The van der Waals surface area contributed by atoms with Gasteiger partial charge in [-0.05, 0) is 37.1 Å². The molecule has 0 aromatic heterocycles. The van der Waals surface area contributed by atoms with Crippen molar-refractivity contribution in [1.82, 2.24) is 0 Å². The van der Waals surface area contributed by atoms with Crippen LogP contribution in [0.25, 0.3) is 0 Å². The number of hydrogen-bond donors (Lipinski definition) is 1. The number of ether oxygens (including phenoxy) is 1. The van der Waals surface area contributed by atoms with Gasteiger partial charge in [0.05, 0.1) is 0 Å². The van der Waals surface area contributed by atoms with Crippen molar-refractivity contribution in [3.63, 3.8) is 0 Å². The van der Waals surface area contributed by atoms with Gasteiger partial charge in [-0.15, -0.1) is 0 Å². The molecule has 1 rings (SSSR count). The van der Waals surface area contributed by atoms with Crippen molar-refractivity contribution < 1.29 is 14.3 Å². The molecule has 1 aromatic rings. The molecule has 0 radical (unpaired) electrons. The summed E-state index contributed by atoms with van der Waals surface area (Å²) in [7, 11) is 0. The van der Waals surface area contributed by atoms with Gasteiger partial charge in [-0.2, -0.15) is 0 Å². The van der Waals surface area contributed by atoms with Crippen LogP contribution in [0.2, 0.25) is 0 Å². The second-order valence-electron chi connectivity index (χ2n) is 6.49. The van der Waals surface area contributed by atoms with Gasteiger partial charge in [-0.25, -0.2) is 0 Å². The van der Waals surface area contributed by atoms with Gasteiger partial charge in [-0.3, -0.25) is 14.4 Å². The van der Waals surface area contributed by atoms with Crippen LogP contribution in [-0.4, -0.2) is 11.9 Å². The van der Waals surface area contributed by atoms with E-state index in [0.717, 1.165) is 51.4 Å². The Kier molecular flexibility index (Phi) is 11.0. The van der Waals surface area contributed by atoms with Crippen molar-refractivity contribution >= 4 is 17.6 Å². The third-order valence-corrected chi connectivity index (χ3v) is 4.07. The molecule has 0 unspecified atom stereocenters. The largest absolute Gasteiger partial charge is 0.422 e. The highest BCUT2D eigenvalue weighted by atomic mass is 16.5. The Hall–Kier alpha value is -2.17. The Labute approximate surface area is 156 Å². The summed E-state index contributed by atoms with van der Waals surface area (Å²) in [6, 6.07) is 5.88. The molecule has 0 heterocycles. The lowest BCUT2D eigenvalue weighted by molar-refractivity contribution is -0.134. The van der Waals surface area contributed by atoms with Crippen LogP contribution in [0, 0.1) is 0 Å². The van der Waals surface area contributed by atoms with Crippen molar-refractivity contribution in [2.45, 2.75) is 78.1 Å². The molecule has 0 saturated heterocycles. The van der Waals surface area contributed by atoms with Crippen molar-refractivity contribution in [2.75, 3.05) is 5.32 Å². The third kappa shape index (κ3) is 9.35. The Morgan fingerprint density at radius 3 is 2.12 bits per heavy atom. The number of hydrogen-bond acceptors (Lipinski definition) is 4. The fraction of sp³-hybridized carbons (Fsp3) is 0.571. The van der Waals surface area contributed by atoms with Crippen LogP contribution in [0.3, 0.4) is 0 Å². The summed E-state index contributed by atoms with van der Waals surface area (Å²) in [5.41, 5.74) is 0.142. The third-order valence-electron chi connectivity index (χ3n) is 4.07. The number of anilines is 1. The molecule has 1 N–H and O–H groups in total. The second kappa shape index (κ2) is 13.1. The molecule has 0 aliphatic carbocycles. The van der Waals surface area contributed by atoms with Crippen LogP contribution < -0.4 is 15.5 Å². The average molecular weight is 361 g/mol. The van der Waals surface area contributed by atoms with E-state index in [1.807, 2.05) is 0 Å². The van der Waals surface area contributed by atoms with Gasteiger partial charge >= 0.3 is 5.97 Å². The highest BCUT2D eigenvalue weighted by Crippen LogP contribution is 2.12. The predicted octanol–water partition coefficient (Wildman–Crippen LogP) is 4.83. The van der Waals surface area contributed by atoms with Crippen LogP contribution in [0.15, 0.2) is 29.1 Å². The van der Waals surface area contributed by atoms with E-state index in [1.54, 1.807) is 6.07 Å². The maximum atomic E-state index is 12.0. The summed E-state index contributed by atoms with van der Waals surface area (Å²) in [6.07, 6.45) is 8.84. The van der Waals surface area contributed by atoms with E-state index in [-0.39, 0.29) is 17.1 Å². The minimum absolute atomic E-state index is 0.00561. The van der Waals surface area contributed by atoms with E-state index in [0.29, 0.717) is 18.5 Å². The molecule has 5 nitrogen and oxygen atoms in total. The van der Waals surface area contributed by atoms with Crippen molar-refractivity contribution in [2.24, 2.45) is 0 Å². The summed E-state index contributed by atoms with van der Waals surface area (Å²) in [5, 5.41) is 2.78. The van der Waals surface area contributed by atoms with E-state index in [2.05, 4.69) is 19.2 Å². The minimum atomic E-state index is -0.397. The number of amides is 1. The van der Waals surface area contributed by atoms with Crippen LogP contribution in [0.5, 0.6) is 5.75 Å². The molecular formula is C21H31NO4. The SMILES string of the molecule is CCCCCCC(=O)Nc1ccc(OC(=O)CCCCCC)c(=O)cc1. The van der Waals surface area contributed by atoms with E-state index in [1.165, 1.54) is 18.2 Å². The van der Waals surface area contributed by atoms with Gasteiger partial charge in [-0.1, -0.05) is 52.4 Å². The Morgan fingerprint density at radius 1 is 0.846 bits per heavy atom. The Bertz CT molecular complexity index is 628. The van der Waals surface area contributed by atoms with Gasteiger partial charge < -0.3 is 10.1 Å². The molecule has 1 aromatic carbocycles. The lowest BCUT2D eigenvalue weighted by atomic mass is 10.1. The lowest BCUT2D eigenvalue weighted by Crippen LogP contribution is -2.12. The molecular weight excluding hydrogens is 330 g/mol. The standard InChI is InChI=1S/C21H31NO4/c1-3-5-7-9-11-20(24)22-17-13-15-18(23)19(16-14-17)26-21(25)12-10-8-6-4-2/h13-16H,3-12H2,1-2H3,(H,22,24). The average Bonchev–Trinajstić information content (AvgIpc) is 2.78. The highest BCUT2D eigenvalue weighted by molar-refractivity contribution is 5.90. The highest BCUT2D eigenvalue weighted by Gasteiger charge is 2.08. The molecule has 0 spiro atoms. The summed E-state index contributed by atoms with van der Waals surface area (Å²) in [6.45, 7) is 4.23. The molecule has 0 bridgehead atoms. The van der Waals surface area contributed by atoms with E-state index in [4.69, 9.17) is 4.74 Å². The molecule has 0 atom stereocenters. The number of nitrogens with one attached hydrogen (secondary N) is 1. The number of carbonyl (C=O) groups is 2. The zero-order chi connectivity index (χ0) is 19.2. The summed E-state index contributed by atoms with van der Waals surface area (Å²) in [4.78, 5) is 35.8. The maximum absolute atomic E-state index is 12.0. The molecule has 1 amide bonds. The van der Waals surface area contributed by atoms with Crippen LogP contribution in [0.1, 0.15) is 78.1 Å². The first kappa shape index (κ1) is 21.9. The number of rotatable bonds is 12. The van der Waals surface area contributed by atoms with Gasteiger partial charge in [0.1, 0.15) is 0 Å². The van der Waals surface area contributed by atoms with E-state index >= 15 is 0 Å². The maximum Gasteiger partial charge on any atom is 0.311 e. The van der Waals surface area contributed by atoms with Crippen molar-refractivity contribution in [1.29, 1.82) is 0 Å². The summed E-state index contributed by atoms with van der Waals surface area (Å²) >= 11 is 0. The fourth-order valence-electron chi connectivity index (χ4n) is 2.52. The lowest BCUT2D eigenvalue weighted by Gasteiger charge is -2.03. The first-order chi connectivity index (χ1) is 12.6. The van der Waals surface area contributed by atoms with Gasteiger partial charge in [0.25, 0.3) is 0 Å². The molecule has 0 saturated carbocycles. The summed E-state index contributed by atoms with van der Waals surface area (Å²) in [5.74, 6) is -0.478. The van der Waals surface area contributed by atoms with Crippen molar-refractivity contribution in [3.05, 3.63) is 34.5 Å². The first-order valence-corrected chi connectivity index (χ1v) is 9.71. The van der Waals surface area contributed by atoms with Gasteiger partial charge in [0, 0.05) is 18.5 Å². The predicted molar refractivity (Wildman–Crippen MR) is 104 cm³/mol. The second-order valence-corrected chi connectivity index (χ2v) is 6.49. The minimum Gasteiger partial charge on any atom is -0.422 e. The summed E-state index contributed by atoms with van der Waals surface area (Å²) < 4.78 is 5.17. The number of carbonyl (C=O) groups excluding carboxylic acids is 2. The van der Waals surface area contributed by atoms with Gasteiger partial charge in [0.2, 0.25) is 11.3 Å². The monoisotopic (exact) mass is 361 g/mol. The molecule has 0 aliphatic rings. The van der Waals surface area contributed by atoms with E-state index in [9.17, 15) is 14.4 Å². The number of unbranched alkanes of at least 4 members (excludes halogenated alkanes) is 6. The molecule has 5 heteroatoms. The topological polar surface area (TPSA) is 72.5 Å². The fourth-order valence-corrected chi connectivity index (χ4v) is 2.52. The normalized spacial score (nSPS) is 10.4. The molecule has 0 aliphatic heterocycles. The zero-order valence-corrected chi connectivity index (χ0v) is 16.0. The Morgan fingerprint density at radius 2 is 1.46 bits per heavy atom. The van der Waals surface area contributed by atoms with Crippen molar-refractivity contribution in [3.8, 4) is 5.75 Å². The number of esters is 1.